The molecule has 3 aromatic carbocycles. The first-order valence-corrected chi connectivity index (χ1v) is 14.0. The van der Waals surface area contributed by atoms with Crippen molar-refractivity contribution in [3.63, 3.8) is 0 Å². The first-order valence-electron chi connectivity index (χ1n) is 12.6. The molecule has 0 aliphatic carbocycles. The van der Waals surface area contributed by atoms with Gasteiger partial charge in [0, 0.05) is 10.6 Å². The summed E-state index contributed by atoms with van der Waals surface area (Å²) in [6.45, 7) is 3.93. The van der Waals surface area contributed by atoms with E-state index in [1.54, 1.807) is 12.1 Å². The first kappa shape index (κ1) is 30.0. The van der Waals surface area contributed by atoms with Gasteiger partial charge in [-0.3, -0.25) is 9.69 Å². The Morgan fingerprint density at radius 2 is 1.86 bits per heavy atom. The number of nitrogens with zero attached hydrogens (tertiary/aromatic N) is 5. The fourth-order valence-corrected chi connectivity index (χ4v) is 5.21. The number of halogens is 5. The summed E-state index contributed by atoms with van der Waals surface area (Å²) in [6, 6.07) is 13.2. The molecule has 43 heavy (non-hydrogen) atoms. The number of amides is 3. The highest BCUT2D eigenvalue weighted by Crippen LogP contribution is 2.35. The van der Waals surface area contributed by atoms with Crippen LogP contribution in [0.3, 0.4) is 0 Å². The lowest BCUT2D eigenvalue weighted by Gasteiger charge is -2.21. The third kappa shape index (κ3) is 6.97. The second kappa shape index (κ2) is 12.1. The monoisotopic (exact) mass is 632 g/mol. The molecule has 0 radical (unpaired) electrons. The lowest BCUT2D eigenvalue weighted by molar-refractivity contribution is -0.274. The third-order valence-corrected chi connectivity index (χ3v) is 7.27. The molecular weight excluding hydrogens is 612 g/mol. The van der Waals surface area contributed by atoms with Crippen LogP contribution in [0.2, 0.25) is 5.02 Å². The van der Waals surface area contributed by atoms with Crippen molar-refractivity contribution < 1.29 is 31.9 Å². The molecule has 15 heteroatoms. The standard InChI is InChI=1S/C28H21ClF4N6O3S/c1-15(2)20-9-4-17(29)12-23(20)39-24(40)13-43-27(39)36-26(41)35-22-10-3-16(11-21(22)30)25-34-14-38(37-25)18-5-7-19(8-6-18)42-28(31,32)33/h3-12,14-15H,13H2,1-2H3,(H,35,41). The summed E-state index contributed by atoms with van der Waals surface area (Å²) < 4.78 is 57.3. The van der Waals surface area contributed by atoms with Crippen LogP contribution in [0.25, 0.3) is 17.1 Å². The first-order chi connectivity index (χ1) is 20.4. The maximum atomic E-state index is 15.0. The zero-order valence-electron chi connectivity index (χ0n) is 22.4. The molecule has 0 bridgehead atoms. The fraction of sp³-hybridized carbons (Fsp3) is 0.179. The van der Waals surface area contributed by atoms with Gasteiger partial charge in [-0.15, -0.1) is 18.3 Å². The van der Waals surface area contributed by atoms with E-state index in [9.17, 15) is 27.2 Å². The van der Waals surface area contributed by atoms with Crippen LogP contribution in [0, 0.1) is 5.82 Å². The number of hydrogen-bond donors (Lipinski definition) is 1. The van der Waals surface area contributed by atoms with Crippen molar-refractivity contribution in [2.24, 2.45) is 4.99 Å². The second-order valence-corrected chi connectivity index (χ2v) is 10.8. The summed E-state index contributed by atoms with van der Waals surface area (Å²) in [5, 5.41) is 7.18. The van der Waals surface area contributed by atoms with Crippen LogP contribution in [0.5, 0.6) is 5.75 Å². The summed E-state index contributed by atoms with van der Waals surface area (Å²) in [5.74, 6) is -1.19. The second-order valence-electron chi connectivity index (χ2n) is 9.45. The van der Waals surface area contributed by atoms with Crippen LogP contribution in [-0.4, -0.2) is 44.0 Å². The number of rotatable bonds is 6. The summed E-state index contributed by atoms with van der Waals surface area (Å²) in [7, 11) is 0. The minimum absolute atomic E-state index is 0.0626. The average molecular weight is 633 g/mol. The zero-order valence-corrected chi connectivity index (χ0v) is 24.0. The molecule has 1 aliphatic rings. The minimum Gasteiger partial charge on any atom is -0.406 e. The Balaban J connectivity index is 1.31. The Labute approximate surface area is 251 Å². The van der Waals surface area contributed by atoms with Crippen molar-refractivity contribution in [3.8, 4) is 22.8 Å². The maximum Gasteiger partial charge on any atom is 0.573 e. The smallest absolute Gasteiger partial charge is 0.406 e. The van der Waals surface area contributed by atoms with Gasteiger partial charge in [-0.2, -0.15) is 4.99 Å². The molecule has 0 saturated carbocycles. The molecule has 0 spiro atoms. The average Bonchev–Trinajstić information content (AvgIpc) is 3.56. The van der Waals surface area contributed by atoms with Crippen LogP contribution in [0.1, 0.15) is 25.3 Å². The molecule has 9 nitrogen and oxygen atoms in total. The van der Waals surface area contributed by atoms with Gasteiger partial charge in [-0.25, -0.2) is 18.9 Å². The summed E-state index contributed by atoms with van der Waals surface area (Å²) >= 11 is 7.26. The minimum atomic E-state index is -4.81. The van der Waals surface area contributed by atoms with Gasteiger partial charge in [0.15, 0.2) is 11.0 Å². The van der Waals surface area contributed by atoms with Crippen molar-refractivity contribution in [3.05, 3.63) is 83.4 Å². The highest BCUT2D eigenvalue weighted by Gasteiger charge is 2.33. The molecule has 1 aliphatic heterocycles. The van der Waals surface area contributed by atoms with Crippen molar-refractivity contribution in [2.75, 3.05) is 16.0 Å². The van der Waals surface area contributed by atoms with E-state index in [2.05, 4.69) is 25.1 Å². The van der Waals surface area contributed by atoms with Gasteiger partial charge in [-0.1, -0.05) is 43.3 Å². The Hall–Kier alpha value is -4.43. The van der Waals surface area contributed by atoms with Gasteiger partial charge in [0.2, 0.25) is 5.91 Å². The predicted octanol–water partition coefficient (Wildman–Crippen LogP) is 7.42. The molecule has 0 unspecified atom stereocenters. The number of amidine groups is 1. The Morgan fingerprint density at radius 3 is 2.53 bits per heavy atom. The Kier molecular flexibility index (Phi) is 8.42. The number of ether oxygens (including phenoxy) is 1. The molecule has 222 valence electrons. The van der Waals surface area contributed by atoms with E-state index >= 15 is 0 Å². The number of carbonyl (C=O) groups excluding carboxylic acids is 2. The summed E-state index contributed by atoms with van der Waals surface area (Å²) in [4.78, 5) is 35.0. The van der Waals surface area contributed by atoms with E-state index in [0.29, 0.717) is 16.4 Å². The molecule has 1 aromatic heterocycles. The Morgan fingerprint density at radius 1 is 1.12 bits per heavy atom. The molecule has 2 heterocycles. The molecule has 4 aromatic rings. The molecule has 3 amide bonds. The van der Waals surface area contributed by atoms with Gasteiger partial charge >= 0.3 is 12.4 Å². The molecule has 5 rings (SSSR count). The number of urea groups is 1. The topological polar surface area (TPSA) is 102 Å². The zero-order chi connectivity index (χ0) is 30.9. The number of alkyl halides is 3. The number of aliphatic imine (C=N–C) groups is 1. The largest absolute Gasteiger partial charge is 0.573 e. The predicted molar refractivity (Wildman–Crippen MR) is 155 cm³/mol. The molecule has 1 N–H and O–H groups in total. The van der Waals surface area contributed by atoms with E-state index in [1.165, 1.54) is 40.2 Å². The van der Waals surface area contributed by atoms with Crippen LogP contribution in [-0.2, 0) is 4.79 Å². The molecule has 1 saturated heterocycles. The van der Waals surface area contributed by atoms with Crippen LogP contribution >= 0.6 is 23.4 Å². The SMILES string of the molecule is CC(C)c1ccc(Cl)cc1N1C(=O)CSC1=NC(=O)Nc1ccc(-c2ncn(-c3ccc(OC(F)(F)F)cc3)n2)cc1F. The highest BCUT2D eigenvalue weighted by molar-refractivity contribution is 8.15. The lowest BCUT2D eigenvalue weighted by atomic mass is 10.0. The fourth-order valence-electron chi connectivity index (χ4n) is 4.19. The third-order valence-electron chi connectivity index (χ3n) is 6.11. The van der Waals surface area contributed by atoms with E-state index < -0.39 is 24.0 Å². The quantitative estimate of drug-likeness (QED) is 0.222. The maximum absolute atomic E-state index is 15.0. The normalized spacial score (nSPS) is 14.6. The number of carbonyl (C=O) groups is 2. The summed E-state index contributed by atoms with van der Waals surface area (Å²) in [6.07, 6.45) is -3.50. The van der Waals surface area contributed by atoms with E-state index in [-0.39, 0.29) is 39.8 Å². The van der Waals surface area contributed by atoms with Crippen LogP contribution in [0.15, 0.2) is 72.0 Å². The van der Waals surface area contributed by atoms with Crippen LogP contribution < -0.4 is 15.0 Å². The van der Waals surface area contributed by atoms with Gasteiger partial charge in [0.25, 0.3) is 0 Å². The van der Waals surface area contributed by atoms with Crippen molar-refractivity contribution in [2.45, 2.75) is 26.1 Å². The number of aromatic nitrogens is 3. The van der Waals surface area contributed by atoms with Crippen molar-refractivity contribution in [1.29, 1.82) is 0 Å². The van der Waals surface area contributed by atoms with Crippen molar-refractivity contribution >= 4 is 51.8 Å². The molecule has 0 atom stereocenters. The number of anilines is 2. The molecule has 1 fully saturated rings. The van der Waals surface area contributed by atoms with E-state index in [4.69, 9.17) is 11.6 Å². The van der Waals surface area contributed by atoms with Gasteiger partial charge in [0.05, 0.1) is 22.8 Å². The highest BCUT2D eigenvalue weighted by atomic mass is 35.5. The number of thioether (sulfide) groups is 1. The number of hydrogen-bond acceptors (Lipinski definition) is 6. The number of nitrogens with one attached hydrogen (secondary N) is 1. The van der Waals surface area contributed by atoms with Crippen molar-refractivity contribution in [1.82, 2.24) is 14.8 Å². The molecular formula is C28H21ClF4N6O3S. The Bertz CT molecular complexity index is 1730. The van der Waals surface area contributed by atoms with E-state index in [1.807, 2.05) is 19.9 Å². The van der Waals surface area contributed by atoms with Gasteiger partial charge < -0.3 is 10.1 Å². The van der Waals surface area contributed by atoms with Crippen LogP contribution in [0.4, 0.5) is 33.7 Å². The lowest BCUT2D eigenvalue weighted by Crippen LogP contribution is -2.31. The van der Waals surface area contributed by atoms with Gasteiger partial charge in [0.1, 0.15) is 17.9 Å². The summed E-state index contributed by atoms with van der Waals surface area (Å²) in [5.41, 5.74) is 1.88. The number of benzene rings is 3. The van der Waals surface area contributed by atoms with E-state index in [0.717, 1.165) is 35.5 Å². The van der Waals surface area contributed by atoms with Gasteiger partial charge in [-0.05, 0) is 66.1 Å².